The van der Waals surface area contributed by atoms with Gasteiger partial charge in [0.15, 0.2) is 0 Å². The van der Waals surface area contributed by atoms with Crippen LogP contribution < -0.4 is 5.32 Å². The van der Waals surface area contributed by atoms with E-state index in [9.17, 15) is 5.11 Å². The second-order valence-corrected chi connectivity index (χ2v) is 4.34. The summed E-state index contributed by atoms with van der Waals surface area (Å²) in [5.41, 5.74) is 1.85. The van der Waals surface area contributed by atoms with Crippen LogP contribution in [0.3, 0.4) is 0 Å². The third-order valence-corrected chi connectivity index (χ3v) is 2.93. The van der Waals surface area contributed by atoms with Crippen molar-refractivity contribution < 1.29 is 9.52 Å². The van der Waals surface area contributed by atoms with Gasteiger partial charge in [-0.2, -0.15) is 0 Å². The Hall–Kier alpha value is -1.74. The summed E-state index contributed by atoms with van der Waals surface area (Å²) < 4.78 is 5.63. The molecular formula is C15H19NO2. The molecule has 18 heavy (non-hydrogen) atoms. The first kappa shape index (κ1) is 12.7. The van der Waals surface area contributed by atoms with E-state index in [1.807, 2.05) is 36.4 Å². The molecule has 0 saturated heterocycles. The summed E-state index contributed by atoms with van der Waals surface area (Å²) in [7, 11) is 0. The highest BCUT2D eigenvalue weighted by molar-refractivity contribution is 5.52. The molecule has 0 aliphatic rings. The molecule has 2 rings (SSSR count). The molecule has 0 amide bonds. The zero-order chi connectivity index (χ0) is 13.0. The summed E-state index contributed by atoms with van der Waals surface area (Å²) in [4.78, 5) is 0. The number of anilines is 1. The van der Waals surface area contributed by atoms with Crippen molar-refractivity contribution in [2.24, 2.45) is 0 Å². The average molecular weight is 245 g/mol. The second-order valence-electron chi connectivity index (χ2n) is 4.34. The molecule has 1 aromatic carbocycles. The fourth-order valence-electron chi connectivity index (χ4n) is 1.91. The summed E-state index contributed by atoms with van der Waals surface area (Å²) in [6.07, 6.45) is 0.432. The first-order valence-electron chi connectivity index (χ1n) is 6.29. The molecule has 2 aromatic rings. The molecule has 2 N–H and O–H groups in total. The number of rotatable bonds is 5. The van der Waals surface area contributed by atoms with Crippen LogP contribution in [0.4, 0.5) is 5.69 Å². The number of furan rings is 1. The molecule has 1 unspecified atom stereocenters. The Kier molecular flexibility index (Phi) is 4.05. The molecule has 0 aliphatic heterocycles. The number of aliphatic hydroxyl groups is 1. The van der Waals surface area contributed by atoms with Crippen molar-refractivity contribution in [3.05, 3.63) is 53.5 Å². The summed E-state index contributed by atoms with van der Waals surface area (Å²) in [6.45, 7) is 4.46. The van der Waals surface area contributed by atoms with E-state index in [-0.39, 0.29) is 0 Å². The molecule has 0 spiro atoms. The van der Waals surface area contributed by atoms with Crippen LogP contribution in [0.15, 0.2) is 40.8 Å². The Morgan fingerprint density at radius 2 is 1.89 bits per heavy atom. The lowest BCUT2D eigenvalue weighted by molar-refractivity contribution is 0.200. The van der Waals surface area contributed by atoms with Crippen LogP contribution in [0.5, 0.6) is 0 Å². The number of benzene rings is 1. The van der Waals surface area contributed by atoms with Crippen LogP contribution in [0, 0.1) is 0 Å². The maximum absolute atomic E-state index is 9.68. The molecule has 0 saturated carbocycles. The molecule has 1 heterocycles. The van der Waals surface area contributed by atoms with Gasteiger partial charge >= 0.3 is 0 Å². The zero-order valence-electron chi connectivity index (χ0n) is 10.8. The summed E-state index contributed by atoms with van der Waals surface area (Å²) >= 11 is 0. The lowest BCUT2D eigenvalue weighted by Crippen LogP contribution is -2.03. The van der Waals surface area contributed by atoms with Crippen molar-refractivity contribution in [3.8, 4) is 0 Å². The molecule has 3 heteroatoms. The van der Waals surface area contributed by atoms with Crippen molar-refractivity contribution in [1.82, 2.24) is 0 Å². The number of hydrogen-bond donors (Lipinski definition) is 2. The van der Waals surface area contributed by atoms with Gasteiger partial charge in [-0.3, -0.25) is 0 Å². The highest BCUT2D eigenvalue weighted by Crippen LogP contribution is 2.23. The normalized spacial score (nSPS) is 12.4. The van der Waals surface area contributed by atoms with Crippen LogP contribution >= 0.6 is 0 Å². The molecule has 3 nitrogen and oxygen atoms in total. The lowest BCUT2D eigenvalue weighted by Gasteiger charge is -2.12. The van der Waals surface area contributed by atoms with Crippen molar-refractivity contribution in [2.45, 2.75) is 32.9 Å². The second kappa shape index (κ2) is 5.74. The maximum Gasteiger partial charge on any atom is 0.123 e. The molecule has 0 bridgehead atoms. The molecule has 1 aromatic heterocycles. The van der Waals surface area contributed by atoms with Crippen LogP contribution in [-0.2, 0) is 13.0 Å². The van der Waals surface area contributed by atoms with Crippen LogP contribution in [0.25, 0.3) is 0 Å². The average Bonchev–Trinajstić information content (AvgIpc) is 2.84. The van der Waals surface area contributed by atoms with Crippen LogP contribution in [-0.4, -0.2) is 5.11 Å². The van der Waals surface area contributed by atoms with Crippen molar-refractivity contribution in [3.63, 3.8) is 0 Å². The van der Waals surface area contributed by atoms with Gasteiger partial charge in [0.05, 0.1) is 12.6 Å². The van der Waals surface area contributed by atoms with E-state index in [0.717, 1.165) is 29.2 Å². The number of nitrogens with one attached hydrogen (secondary N) is 1. The molecular weight excluding hydrogens is 226 g/mol. The Morgan fingerprint density at radius 3 is 2.56 bits per heavy atom. The van der Waals surface area contributed by atoms with Gasteiger partial charge in [-0.15, -0.1) is 0 Å². The summed E-state index contributed by atoms with van der Waals surface area (Å²) in [6, 6.07) is 11.7. The van der Waals surface area contributed by atoms with Crippen molar-refractivity contribution in [1.29, 1.82) is 0 Å². The number of aryl methyl sites for hydroxylation is 1. The Labute approximate surface area is 107 Å². The van der Waals surface area contributed by atoms with Crippen molar-refractivity contribution >= 4 is 5.69 Å². The third-order valence-electron chi connectivity index (χ3n) is 2.93. The van der Waals surface area contributed by atoms with E-state index < -0.39 is 6.10 Å². The molecule has 0 radical (unpaired) electrons. The van der Waals surface area contributed by atoms with Gasteiger partial charge < -0.3 is 14.8 Å². The SMILES string of the molecule is CCc1ccc(CNc2ccccc2C(C)O)o1. The molecule has 0 fully saturated rings. The van der Waals surface area contributed by atoms with Crippen LogP contribution in [0.1, 0.15) is 37.0 Å². The minimum Gasteiger partial charge on any atom is -0.464 e. The Morgan fingerprint density at radius 1 is 1.17 bits per heavy atom. The van der Waals surface area contributed by atoms with Gasteiger partial charge in [0, 0.05) is 17.7 Å². The summed E-state index contributed by atoms with van der Waals surface area (Å²) in [5, 5.41) is 13.0. The minimum atomic E-state index is -0.475. The van der Waals surface area contributed by atoms with E-state index in [1.165, 1.54) is 0 Å². The fraction of sp³-hybridized carbons (Fsp3) is 0.333. The predicted octanol–water partition coefficient (Wildman–Crippen LogP) is 3.51. The maximum atomic E-state index is 9.68. The monoisotopic (exact) mass is 245 g/mol. The first-order valence-corrected chi connectivity index (χ1v) is 6.29. The largest absolute Gasteiger partial charge is 0.464 e. The summed E-state index contributed by atoms with van der Waals surface area (Å²) in [5.74, 6) is 1.91. The molecule has 1 atom stereocenters. The van der Waals surface area contributed by atoms with E-state index in [2.05, 4.69) is 12.2 Å². The van der Waals surface area contributed by atoms with E-state index >= 15 is 0 Å². The van der Waals surface area contributed by atoms with Gasteiger partial charge in [0.25, 0.3) is 0 Å². The highest BCUT2D eigenvalue weighted by atomic mass is 16.3. The van der Waals surface area contributed by atoms with Crippen molar-refractivity contribution in [2.75, 3.05) is 5.32 Å². The molecule has 0 aliphatic carbocycles. The third kappa shape index (κ3) is 2.93. The topological polar surface area (TPSA) is 45.4 Å². The zero-order valence-corrected chi connectivity index (χ0v) is 10.8. The number of hydrogen-bond acceptors (Lipinski definition) is 3. The van der Waals surface area contributed by atoms with E-state index in [4.69, 9.17) is 4.42 Å². The Balaban J connectivity index is 2.05. The van der Waals surface area contributed by atoms with Crippen LogP contribution in [0.2, 0.25) is 0 Å². The smallest absolute Gasteiger partial charge is 0.123 e. The van der Waals surface area contributed by atoms with Gasteiger partial charge in [-0.05, 0) is 25.1 Å². The quantitative estimate of drug-likeness (QED) is 0.847. The fourth-order valence-corrected chi connectivity index (χ4v) is 1.91. The van der Waals surface area contributed by atoms with Gasteiger partial charge in [0.2, 0.25) is 0 Å². The number of para-hydroxylation sites is 1. The van der Waals surface area contributed by atoms with Gasteiger partial charge in [-0.1, -0.05) is 25.1 Å². The van der Waals surface area contributed by atoms with Gasteiger partial charge in [0.1, 0.15) is 11.5 Å². The predicted molar refractivity (Wildman–Crippen MR) is 72.5 cm³/mol. The van der Waals surface area contributed by atoms with Gasteiger partial charge in [-0.25, -0.2) is 0 Å². The molecule has 96 valence electrons. The Bertz CT molecular complexity index is 503. The first-order chi connectivity index (χ1) is 8.70. The van der Waals surface area contributed by atoms with E-state index in [1.54, 1.807) is 6.92 Å². The lowest BCUT2D eigenvalue weighted by atomic mass is 10.1. The minimum absolute atomic E-state index is 0.475. The number of aliphatic hydroxyl groups excluding tert-OH is 1. The standard InChI is InChI=1S/C15H19NO2/c1-3-12-8-9-13(18-12)10-16-15-7-5-4-6-14(15)11(2)17/h4-9,11,16-17H,3,10H2,1-2H3. The highest BCUT2D eigenvalue weighted by Gasteiger charge is 2.07. The van der Waals surface area contributed by atoms with E-state index in [0.29, 0.717) is 6.54 Å².